The summed E-state index contributed by atoms with van der Waals surface area (Å²) in [7, 11) is 0. The van der Waals surface area contributed by atoms with Gasteiger partial charge in [0.1, 0.15) is 24.3 Å². The van der Waals surface area contributed by atoms with E-state index < -0.39 is 0 Å². The van der Waals surface area contributed by atoms with Crippen molar-refractivity contribution >= 4 is 11.6 Å². The standard InChI is InChI=1S/C23H22N4O/c24-16-20(23-26-25-22-12-5-2-6-13-27(22)23)14-19-10-7-11-21(15-19)28-17-18-8-3-1-4-9-18/h1,3-4,7-11,14-15H,2,5-6,12-13,17H2/b20-14+. The summed E-state index contributed by atoms with van der Waals surface area (Å²) >= 11 is 0. The highest BCUT2D eigenvalue weighted by molar-refractivity contribution is 5.87. The Morgan fingerprint density at radius 1 is 1.07 bits per heavy atom. The third-order valence-corrected chi connectivity index (χ3v) is 4.89. The number of aromatic nitrogens is 3. The van der Waals surface area contributed by atoms with Crippen molar-refractivity contribution in [2.75, 3.05) is 0 Å². The van der Waals surface area contributed by atoms with Gasteiger partial charge in [-0.15, -0.1) is 10.2 Å². The largest absolute Gasteiger partial charge is 0.489 e. The second kappa shape index (κ2) is 8.53. The fraction of sp³-hybridized carbons (Fsp3) is 0.261. The number of benzene rings is 2. The summed E-state index contributed by atoms with van der Waals surface area (Å²) < 4.78 is 8.00. The molecular formula is C23H22N4O. The lowest BCUT2D eigenvalue weighted by atomic mass is 10.1. The molecule has 0 aliphatic carbocycles. The van der Waals surface area contributed by atoms with Crippen LogP contribution in [0.1, 0.15) is 42.0 Å². The Bertz CT molecular complexity index is 1010. The van der Waals surface area contributed by atoms with Gasteiger partial charge in [0.25, 0.3) is 0 Å². The molecule has 0 unspecified atom stereocenters. The van der Waals surface area contributed by atoms with Gasteiger partial charge in [-0.05, 0) is 42.2 Å². The van der Waals surface area contributed by atoms with Crippen LogP contribution in [0, 0.1) is 11.3 Å². The van der Waals surface area contributed by atoms with Crippen LogP contribution in [0.2, 0.25) is 0 Å². The monoisotopic (exact) mass is 370 g/mol. The lowest BCUT2D eigenvalue weighted by molar-refractivity contribution is 0.306. The zero-order chi connectivity index (χ0) is 19.2. The minimum absolute atomic E-state index is 0.511. The average molecular weight is 370 g/mol. The molecular weight excluding hydrogens is 348 g/mol. The normalized spacial score (nSPS) is 14.0. The quantitative estimate of drug-likeness (QED) is 0.613. The number of aryl methyl sites for hydroxylation is 1. The molecule has 2 heterocycles. The van der Waals surface area contributed by atoms with E-state index in [9.17, 15) is 5.26 Å². The summed E-state index contributed by atoms with van der Waals surface area (Å²) in [6.07, 6.45) is 6.20. The summed E-state index contributed by atoms with van der Waals surface area (Å²) in [5, 5.41) is 18.3. The molecule has 1 aromatic heterocycles. The molecule has 0 amide bonds. The minimum atomic E-state index is 0.511. The van der Waals surface area contributed by atoms with Crippen molar-refractivity contribution in [2.24, 2.45) is 0 Å². The summed E-state index contributed by atoms with van der Waals surface area (Å²) in [5.41, 5.74) is 2.56. The first-order chi connectivity index (χ1) is 13.8. The number of allylic oxidation sites excluding steroid dienone is 1. The van der Waals surface area contributed by atoms with Crippen molar-refractivity contribution in [2.45, 2.75) is 38.8 Å². The van der Waals surface area contributed by atoms with E-state index in [2.05, 4.69) is 20.8 Å². The van der Waals surface area contributed by atoms with Gasteiger partial charge in [0, 0.05) is 13.0 Å². The van der Waals surface area contributed by atoms with Gasteiger partial charge in [0.15, 0.2) is 5.82 Å². The summed E-state index contributed by atoms with van der Waals surface area (Å²) in [6, 6.07) is 20.1. The predicted octanol–water partition coefficient (Wildman–Crippen LogP) is 4.65. The molecule has 0 radical (unpaired) electrons. The van der Waals surface area contributed by atoms with Crippen LogP contribution in [0.15, 0.2) is 54.6 Å². The van der Waals surface area contributed by atoms with E-state index in [1.807, 2.05) is 60.7 Å². The first-order valence-electron chi connectivity index (χ1n) is 9.64. The Balaban J connectivity index is 1.56. The van der Waals surface area contributed by atoms with Crippen LogP contribution in [-0.4, -0.2) is 14.8 Å². The lowest BCUT2D eigenvalue weighted by Crippen LogP contribution is -2.05. The number of ether oxygens (including phenoxy) is 1. The second-order valence-electron chi connectivity index (χ2n) is 6.92. The van der Waals surface area contributed by atoms with Crippen LogP contribution in [0.3, 0.4) is 0 Å². The van der Waals surface area contributed by atoms with Gasteiger partial charge in [-0.1, -0.05) is 48.9 Å². The minimum Gasteiger partial charge on any atom is -0.489 e. The maximum absolute atomic E-state index is 9.72. The van der Waals surface area contributed by atoms with E-state index in [1.54, 1.807) is 0 Å². The fourth-order valence-electron chi connectivity index (χ4n) is 3.43. The Labute approximate surface area is 164 Å². The van der Waals surface area contributed by atoms with Crippen molar-refractivity contribution < 1.29 is 4.74 Å². The SMILES string of the molecule is N#C/C(=C\c1cccc(OCc2ccccc2)c1)c1nnc2n1CCCCC2. The van der Waals surface area contributed by atoms with E-state index in [4.69, 9.17) is 4.74 Å². The zero-order valence-corrected chi connectivity index (χ0v) is 15.7. The third kappa shape index (κ3) is 4.12. The summed E-state index contributed by atoms with van der Waals surface area (Å²) in [6.45, 7) is 1.38. The van der Waals surface area contributed by atoms with Gasteiger partial charge < -0.3 is 9.30 Å². The van der Waals surface area contributed by atoms with Gasteiger partial charge in [-0.3, -0.25) is 0 Å². The molecule has 5 nitrogen and oxygen atoms in total. The maximum Gasteiger partial charge on any atom is 0.174 e. The molecule has 4 rings (SSSR count). The summed E-state index contributed by atoms with van der Waals surface area (Å²) in [4.78, 5) is 0. The fourth-order valence-corrected chi connectivity index (χ4v) is 3.43. The Kier molecular flexibility index (Phi) is 5.48. The van der Waals surface area contributed by atoms with Gasteiger partial charge in [-0.2, -0.15) is 5.26 Å². The smallest absolute Gasteiger partial charge is 0.174 e. The van der Waals surface area contributed by atoms with Crippen LogP contribution in [0.5, 0.6) is 5.75 Å². The van der Waals surface area contributed by atoms with E-state index in [1.165, 1.54) is 6.42 Å². The molecule has 28 heavy (non-hydrogen) atoms. The van der Waals surface area contributed by atoms with Crippen LogP contribution >= 0.6 is 0 Å². The van der Waals surface area contributed by atoms with Crippen LogP contribution in [-0.2, 0) is 19.6 Å². The number of nitrogens with zero attached hydrogens (tertiary/aromatic N) is 4. The molecule has 0 spiro atoms. The highest BCUT2D eigenvalue weighted by Gasteiger charge is 2.17. The molecule has 3 aromatic rings. The number of rotatable bonds is 5. The molecule has 1 aliphatic rings. The van der Waals surface area contributed by atoms with Crippen molar-refractivity contribution in [3.63, 3.8) is 0 Å². The predicted molar refractivity (Wildman–Crippen MR) is 108 cm³/mol. The maximum atomic E-state index is 9.72. The van der Waals surface area contributed by atoms with E-state index >= 15 is 0 Å². The first-order valence-corrected chi connectivity index (χ1v) is 9.64. The lowest BCUT2D eigenvalue weighted by Gasteiger charge is -2.08. The van der Waals surface area contributed by atoms with Gasteiger partial charge in [-0.25, -0.2) is 0 Å². The third-order valence-electron chi connectivity index (χ3n) is 4.89. The number of hydrogen-bond donors (Lipinski definition) is 0. The Morgan fingerprint density at radius 3 is 2.82 bits per heavy atom. The molecule has 140 valence electrons. The average Bonchev–Trinajstić information content (AvgIpc) is 2.99. The van der Waals surface area contributed by atoms with Crippen molar-refractivity contribution in [3.8, 4) is 11.8 Å². The highest BCUT2D eigenvalue weighted by Crippen LogP contribution is 2.23. The van der Waals surface area contributed by atoms with Crippen molar-refractivity contribution in [1.82, 2.24) is 14.8 Å². The van der Waals surface area contributed by atoms with E-state index in [-0.39, 0.29) is 0 Å². The Morgan fingerprint density at radius 2 is 1.96 bits per heavy atom. The topological polar surface area (TPSA) is 63.7 Å². The molecule has 0 saturated carbocycles. The van der Waals surface area contributed by atoms with Crippen LogP contribution < -0.4 is 4.74 Å². The summed E-state index contributed by atoms with van der Waals surface area (Å²) in [5.74, 6) is 2.42. The molecule has 2 aromatic carbocycles. The zero-order valence-electron chi connectivity index (χ0n) is 15.7. The molecule has 0 bridgehead atoms. The highest BCUT2D eigenvalue weighted by atomic mass is 16.5. The number of hydrogen-bond acceptors (Lipinski definition) is 4. The van der Waals surface area contributed by atoms with Crippen LogP contribution in [0.4, 0.5) is 0 Å². The molecule has 0 atom stereocenters. The van der Waals surface area contributed by atoms with Gasteiger partial charge in [0.2, 0.25) is 0 Å². The van der Waals surface area contributed by atoms with Gasteiger partial charge >= 0.3 is 0 Å². The van der Waals surface area contributed by atoms with Crippen molar-refractivity contribution in [1.29, 1.82) is 5.26 Å². The number of nitriles is 1. The molecule has 5 heteroatoms. The first kappa shape index (κ1) is 18.0. The molecule has 1 aliphatic heterocycles. The molecule has 0 saturated heterocycles. The Hall–Kier alpha value is -3.39. The van der Waals surface area contributed by atoms with Crippen LogP contribution in [0.25, 0.3) is 11.6 Å². The van der Waals surface area contributed by atoms with Crippen molar-refractivity contribution in [3.05, 3.63) is 77.4 Å². The van der Waals surface area contributed by atoms with E-state index in [0.29, 0.717) is 18.0 Å². The second-order valence-corrected chi connectivity index (χ2v) is 6.92. The van der Waals surface area contributed by atoms with E-state index in [0.717, 1.165) is 48.5 Å². The molecule has 0 N–H and O–H groups in total. The van der Waals surface area contributed by atoms with Gasteiger partial charge in [0.05, 0.1) is 5.57 Å². The number of fused-ring (bicyclic) bond motifs is 1. The molecule has 0 fully saturated rings.